The van der Waals surface area contributed by atoms with E-state index in [4.69, 9.17) is 0 Å². The number of benzene rings is 2. The Morgan fingerprint density at radius 2 is 1.46 bits per heavy atom. The average molecular weight is 341 g/mol. The van der Waals surface area contributed by atoms with Gasteiger partial charge >= 0.3 is 0 Å². The number of hydrogen-bond donors (Lipinski definition) is 2. The molecule has 0 atom stereocenters. The van der Waals surface area contributed by atoms with Gasteiger partial charge < -0.3 is 10.2 Å². The maximum absolute atomic E-state index is 4.31. The summed E-state index contributed by atoms with van der Waals surface area (Å²) in [4.78, 5) is 2.60. The van der Waals surface area contributed by atoms with Crippen LogP contribution in [0.15, 0.2) is 48.5 Å². The fourth-order valence-corrected chi connectivity index (χ4v) is 3.51. The molecule has 3 heteroatoms. The van der Waals surface area contributed by atoms with Crippen molar-refractivity contribution in [2.24, 2.45) is 0 Å². The van der Waals surface area contributed by atoms with Crippen LogP contribution in [0.5, 0.6) is 0 Å². The Bertz CT molecular complexity index is 601. The number of rotatable bonds is 7. The van der Waals surface area contributed by atoms with Gasteiger partial charge in [0.25, 0.3) is 0 Å². The number of likely N-dealkylation sites (tertiary alicyclic amines) is 1. The molecule has 1 heterocycles. The predicted molar refractivity (Wildman–Crippen MR) is 108 cm³/mol. The first-order valence-corrected chi connectivity index (χ1v) is 9.75. The number of piperidine rings is 1. The van der Waals surface area contributed by atoms with Crippen LogP contribution in [0.4, 0.5) is 5.69 Å². The maximum atomic E-state index is 4.31. The van der Waals surface area contributed by atoms with E-state index in [2.05, 4.69) is 71.4 Å². The van der Waals surface area contributed by atoms with Crippen molar-refractivity contribution < 1.29 is 0 Å². The molecule has 0 aliphatic carbocycles. The Morgan fingerprint density at radius 1 is 0.833 bits per heavy atom. The molecular formula is C21H28N2S. The molecule has 0 spiro atoms. The van der Waals surface area contributed by atoms with Crippen LogP contribution in [-0.2, 0) is 5.75 Å². The Morgan fingerprint density at radius 3 is 2.08 bits per heavy atom. The summed E-state index contributed by atoms with van der Waals surface area (Å²) in [5, 5.41) is 3.54. The van der Waals surface area contributed by atoms with E-state index in [0.717, 1.165) is 12.3 Å². The molecule has 128 valence electrons. The van der Waals surface area contributed by atoms with Crippen molar-refractivity contribution in [2.45, 2.75) is 31.4 Å². The Labute approximate surface area is 151 Å². The summed E-state index contributed by atoms with van der Waals surface area (Å²) in [6.45, 7) is 4.86. The number of nitrogens with one attached hydrogen (secondary N) is 1. The van der Waals surface area contributed by atoms with Crippen molar-refractivity contribution in [1.29, 1.82) is 0 Å². The molecule has 0 radical (unpaired) electrons. The first-order valence-electron chi connectivity index (χ1n) is 9.11. The second-order valence-corrected chi connectivity index (χ2v) is 6.93. The third-order valence-electron chi connectivity index (χ3n) is 4.78. The van der Waals surface area contributed by atoms with Crippen molar-refractivity contribution in [3.8, 4) is 11.1 Å². The highest BCUT2D eigenvalue weighted by molar-refractivity contribution is 7.79. The number of thiol groups is 1. The van der Waals surface area contributed by atoms with Gasteiger partial charge in [0.1, 0.15) is 0 Å². The molecule has 1 fully saturated rings. The van der Waals surface area contributed by atoms with Crippen LogP contribution in [0, 0.1) is 0 Å². The lowest BCUT2D eigenvalue weighted by Gasteiger charge is -2.26. The van der Waals surface area contributed by atoms with Crippen LogP contribution >= 0.6 is 12.6 Å². The van der Waals surface area contributed by atoms with E-state index in [1.165, 1.54) is 67.7 Å². The van der Waals surface area contributed by atoms with E-state index < -0.39 is 0 Å². The molecule has 24 heavy (non-hydrogen) atoms. The maximum Gasteiger partial charge on any atom is 0.0340 e. The summed E-state index contributed by atoms with van der Waals surface area (Å²) in [6.07, 6.45) is 5.39. The summed E-state index contributed by atoms with van der Waals surface area (Å²) >= 11 is 4.31. The fourth-order valence-electron chi connectivity index (χ4n) is 3.30. The minimum Gasteiger partial charge on any atom is -0.385 e. The van der Waals surface area contributed by atoms with Crippen molar-refractivity contribution in [3.63, 3.8) is 0 Å². The lowest BCUT2D eigenvalue weighted by Crippen LogP contribution is -2.31. The van der Waals surface area contributed by atoms with E-state index in [9.17, 15) is 0 Å². The Hall–Kier alpha value is -1.45. The monoisotopic (exact) mass is 340 g/mol. The van der Waals surface area contributed by atoms with E-state index in [1.807, 2.05) is 0 Å². The number of anilines is 1. The van der Waals surface area contributed by atoms with Crippen LogP contribution in [0.25, 0.3) is 11.1 Å². The van der Waals surface area contributed by atoms with Gasteiger partial charge in [-0.3, -0.25) is 0 Å². The average Bonchev–Trinajstić information content (AvgIpc) is 2.67. The van der Waals surface area contributed by atoms with Crippen molar-refractivity contribution in [3.05, 3.63) is 54.1 Å². The molecule has 1 N–H and O–H groups in total. The highest BCUT2D eigenvalue weighted by Crippen LogP contribution is 2.22. The molecule has 0 bridgehead atoms. The lowest BCUT2D eigenvalue weighted by atomic mass is 10.0. The van der Waals surface area contributed by atoms with Gasteiger partial charge in [-0.05, 0) is 67.7 Å². The second-order valence-electron chi connectivity index (χ2n) is 6.62. The molecule has 1 aliphatic rings. The third-order valence-corrected chi connectivity index (χ3v) is 5.15. The molecule has 2 aromatic rings. The van der Waals surface area contributed by atoms with Gasteiger partial charge in [0.15, 0.2) is 0 Å². The van der Waals surface area contributed by atoms with E-state index in [0.29, 0.717) is 0 Å². The quantitative estimate of drug-likeness (QED) is 0.540. The molecule has 0 amide bonds. The molecule has 0 unspecified atom stereocenters. The minimum absolute atomic E-state index is 0.792. The first kappa shape index (κ1) is 17.4. The smallest absolute Gasteiger partial charge is 0.0340 e. The lowest BCUT2D eigenvalue weighted by molar-refractivity contribution is 0.228. The molecule has 1 saturated heterocycles. The molecule has 1 aliphatic heterocycles. The molecule has 3 rings (SSSR count). The molecule has 0 saturated carbocycles. The minimum atomic E-state index is 0.792. The largest absolute Gasteiger partial charge is 0.385 e. The second kappa shape index (κ2) is 9.14. The van der Waals surface area contributed by atoms with Gasteiger partial charge in [-0.25, -0.2) is 0 Å². The summed E-state index contributed by atoms with van der Waals surface area (Å²) in [5.41, 5.74) is 5.00. The van der Waals surface area contributed by atoms with Crippen LogP contribution in [0.3, 0.4) is 0 Å². The molecular weight excluding hydrogens is 312 g/mol. The predicted octanol–water partition coefficient (Wildman–Crippen LogP) is 5.07. The van der Waals surface area contributed by atoms with Crippen LogP contribution < -0.4 is 5.32 Å². The molecule has 2 nitrogen and oxygen atoms in total. The fraction of sp³-hybridized carbons (Fsp3) is 0.429. The van der Waals surface area contributed by atoms with E-state index in [-0.39, 0.29) is 0 Å². The first-order chi connectivity index (χ1) is 11.8. The number of nitrogens with zero attached hydrogens (tertiary/aromatic N) is 1. The summed E-state index contributed by atoms with van der Waals surface area (Å²) in [5.74, 6) is 0.792. The highest BCUT2D eigenvalue weighted by Gasteiger charge is 2.08. The molecule has 0 aromatic heterocycles. The van der Waals surface area contributed by atoms with E-state index in [1.54, 1.807) is 0 Å². The summed E-state index contributed by atoms with van der Waals surface area (Å²) in [7, 11) is 0. The standard InChI is InChI=1S/C21H28N2S/c24-17-18-5-7-19(8-6-18)20-9-11-21(12-10-20)22-13-4-16-23-14-2-1-3-15-23/h5-12,22,24H,1-4,13-17H2. The van der Waals surface area contributed by atoms with Crippen molar-refractivity contribution in [1.82, 2.24) is 4.90 Å². The van der Waals surface area contributed by atoms with Crippen molar-refractivity contribution >= 4 is 18.3 Å². The SMILES string of the molecule is SCc1ccc(-c2ccc(NCCCN3CCCCC3)cc2)cc1. The zero-order valence-electron chi connectivity index (χ0n) is 14.4. The topological polar surface area (TPSA) is 15.3 Å². The van der Waals surface area contributed by atoms with Gasteiger partial charge in [-0.1, -0.05) is 42.8 Å². The van der Waals surface area contributed by atoms with Gasteiger partial charge in [-0.2, -0.15) is 12.6 Å². The highest BCUT2D eigenvalue weighted by atomic mass is 32.1. The van der Waals surface area contributed by atoms with Gasteiger partial charge in [-0.15, -0.1) is 0 Å². The summed E-state index contributed by atoms with van der Waals surface area (Å²) in [6, 6.07) is 17.4. The van der Waals surface area contributed by atoms with Crippen molar-refractivity contribution in [2.75, 3.05) is 31.5 Å². The van der Waals surface area contributed by atoms with Gasteiger partial charge in [0.05, 0.1) is 0 Å². The van der Waals surface area contributed by atoms with Gasteiger partial charge in [0, 0.05) is 18.0 Å². The van der Waals surface area contributed by atoms with Crippen LogP contribution in [0.1, 0.15) is 31.2 Å². The molecule has 2 aromatic carbocycles. The summed E-state index contributed by atoms with van der Waals surface area (Å²) < 4.78 is 0. The van der Waals surface area contributed by atoms with Gasteiger partial charge in [0.2, 0.25) is 0 Å². The zero-order valence-corrected chi connectivity index (χ0v) is 15.3. The normalized spacial score (nSPS) is 15.4. The van der Waals surface area contributed by atoms with Crippen LogP contribution in [-0.4, -0.2) is 31.1 Å². The zero-order chi connectivity index (χ0) is 16.6. The Kier molecular flexibility index (Phi) is 6.62. The third kappa shape index (κ3) is 5.02. The Balaban J connectivity index is 1.45. The number of hydrogen-bond acceptors (Lipinski definition) is 3. The van der Waals surface area contributed by atoms with E-state index >= 15 is 0 Å². The van der Waals surface area contributed by atoms with Crippen LogP contribution in [0.2, 0.25) is 0 Å².